The highest BCUT2D eigenvalue weighted by molar-refractivity contribution is 6.42. The average Bonchev–Trinajstić information content (AvgIpc) is 3.03. The maximum atomic E-state index is 6.06. The lowest BCUT2D eigenvalue weighted by atomic mass is 9.86. The molecule has 2 unspecified atom stereocenters. The van der Waals surface area contributed by atoms with Crippen molar-refractivity contribution < 1.29 is 9.26 Å². The smallest absolute Gasteiger partial charge is 0.236 e. The van der Waals surface area contributed by atoms with Crippen molar-refractivity contribution in [3.8, 4) is 0 Å². The monoisotopic (exact) mass is 327 g/mol. The number of nitrogens with zero attached hydrogens (tertiary/aromatic N) is 2. The first-order valence-electron chi connectivity index (χ1n) is 6.59. The van der Waals surface area contributed by atoms with Crippen molar-refractivity contribution in [3.05, 3.63) is 45.5 Å². The molecule has 112 valence electrons. The molecular formula is C14H15Cl2N3O2. The van der Waals surface area contributed by atoms with Crippen molar-refractivity contribution in [2.45, 2.75) is 24.8 Å². The molecule has 0 aliphatic carbocycles. The number of halogens is 2. The lowest BCUT2D eigenvalue weighted by Gasteiger charge is -2.21. The second-order valence-electron chi connectivity index (χ2n) is 5.48. The Morgan fingerprint density at radius 1 is 1.38 bits per heavy atom. The Morgan fingerprint density at radius 2 is 2.19 bits per heavy atom. The molecular weight excluding hydrogens is 313 g/mol. The molecule has 7 heteroatoms. The zero-order valence-corrected chi connectivity index (χ0v) is 13.0. The van der Waals surface area contributed by atoms with Crippen molar-refractivity contribution in [1.29, 1.82) is 0 Å². The Kier molecular flexibility index (Phi) is 3.92. The van der Waals surface area contributed by atoms with E-state index in [2.05, 4.69) is 10.1 Å². The maximum absolute atomic E-state index is 6.06. The molecule has 3 rings (SSSR count). The number of ether oxygens (including phenoxy) is 1. The highest BCUT2D eigenvalue weighted by atomic mass is 35.5. The van der Waals surface area contributed by atoms with Crippen LogP contribution >= 0.6 is 23.2 Å². The normalized spacial score (nSPS) is 25.4. The van der Waals surface area contributed by atoms with Crippen LogP contribution in [0, 0.1) is 0 Å². The summed E-state index contributed by atoms with van der Waals surface area (Å²) in [5.41, 5.74) is 6.60. The van der Waals surface area contributed by atoms with Crippen LogP contribution in [0.25, 0.3) is 0 Å². The molecule has 2 heterocycles. The molecule has 1 aromatic carbocycles. The third kappa shape index (κ3) is 2.79. The van der Waals surface area contributed by atoms with E-state index in [-0.39, 0.29) is 6.04 Å². The number of hydrogen-bond donors (Lipinski definition) is 1. The minimum Gasteiger partial charge on any atom is -0.379 e. The number of hydrogen-bond acceptors (Lipinski definition) is 5. The highest BCUT2D eigenvalue weighted by Crippen LogP contribution is 2.31. The van der Waals surface area contributed by atoms with Crippen LogP contribution in [-0.2, 0) is 16.6 Å². The SMILES string of the molecule is CC1(c2nc(Cc3ccc(Cl)c(Cl)c3)no2)COCC1N. The van der Waals surface area contributed by atoms with Crippen LogP contribution < -0.4 is 5.73 Å². The Morgan fingerprint density at radius 3 is 2.86 bits per heavy atom. The van der Waals surface area contributed by atoms with Gasteiger partial charge in [0.05, 0.1) is 28.7 Å². The van der Waals surface area contributed by atoms with Crippen LogP contribution in [-0.4, -0.2) is 29.4 Å². The van der Waals surface area contributed by atoms with Gasteiger partial charge in [-0.3, -0.25) is 0 Å². The molecule has 21 heavy (non-hydrogen) atoms. The van der Waals surface area contributed by atoms with Crippen LogP contribution in [0.15, 0.2) is 22.7 Å². The van der Waals surface area contributed by atoms with Gasteiger partial charge < -0.3 is 15.0 Å². The van der Waals surface area contributed by atoms with Crippen LogP contribution in [0.1, 0.15) is 24.2 Å². The van der Waals surface area contributed by atoms with Gasteiger partial charge in [0.15, 0.2) is 5.82 Å². The van der Waals surface area contributed by atoms with Gasteiger partial charge in [-0.25, -0.2) is 0 Å². The maximum Gasteiger partial charge on any atom is 0.236 e. The number of benzene rings is 1. The summed E-state index contributed by atoms with van der Waals surface area (Å²) < 4.78 is 10.8. The van der Waals surface area contributed by atoms with Gasteiger partial charge in [0.1, 0.15) is 0 Å². The van der Waals surface area contributed by atoms with Gasteiger partial charge in [-0.2, -0.15) is 4.98 Å². The molecule has 2 N–H and O–H groups in total. The van der Waals surface area contributed by atoms with Crippen LogP contribution in [0.5, 0.6) is 0 Å². The fourth-order valence-corrected chi connectivity index (χ4v) is 2.62. The van der Waals surface area contributed by atoms with Gasteiger partial charge in [0.2, 0.25) is 5.89 Å². The predicted molar refractivity (Wildman–Crippen MR) is 79.7 cm³/mol. The summed E-state index contributed by atoms with van der Waals surface area (Å²) in [6.45, 7) is 2.96. The van der Waals surface area contributed by atoms with E-state index in [4.69, 9.17) is 38.2 Å². The highest BCUT2D eigenvalue weighted by Gasteiger charge is 2.44. The summed E-state index contributed by atoms with van der Waals surface area (Å²) in [5.74, 6) is 1.10. The molecule has 1 fully saturated rings. The van der Waals surface area contributed by atoms with Crippen LogP contribution in [0.2, 0.25) is 10.0 Å². The second kappa shape index (κ2) is 5.57. The molecule has 0 saturated carbocycles. The molecule has 2 aromatic rings. The third-order valence-electron chi connectivity index (χ3n) is 3.82. The molecule has 0 bridgehead atoms. The summed E-state index contributed by atoms with van der Waals surface area (Å²) in [6.07, 6.45) is 0.520. The van der Waals surface area contributed by atoms with E-state index in [1.165, 1.54) is 0 Å². The Balaban J connectivity index is 1.80. The summed E-state index contributed by atoms with van der Waals surface area (Å²) in [5, 5.41) is 5.05. The fraction of sp³-hybridized carbons (Fsp3) is 0.429. The van der Waals surface area contributed by atoms with Gasteiger partial charge in [0.25, 0.3) is 0 Å². The number of rotatable bonds is 3. The van der Waals surface area contributed by atoms with E-state index in [0.717, 1.165) is 5.56 Å². The van der Waals surface area contributed by atoms with E-state index >= 15 is 0 Å². The standard InChI is InChI=1S/C14H15Cl2N3O2/c1-14(7-20-6-11(14)17)13-18-12(19-21-13)5-8-2-3-9(15)10(16)4-8/h2-4,11H,5-7,17H2,1H3. The number of aromatic nitrogens is 2. The van der Waals surface area contributed by atoms with Gasteiger partial charge in [-0.05, 0) is 24.6 Å². The third-order valence-corrected chi connectivity index (χ3v) is 4.56. The molecule has 0 amide bonds. The van der Waals surface area contributed by atoms with E-state index in [1.807, 2.05) is 13.0 Å². The predicted octanol–water partition coefficient (Wildman–Crippen LogP) is 2.58. The average molecular weight is 328 g/mol. The molecule has 5 nitrogen and oxygen atoms in total. The molecule has 2 atom stereocenters. The first kappa shape index (κ1) is 14.8. The topological polar surface area (TPSA) is 74.2 Å². The van der Waals surface area contributed by atoms with Crippen molar-refractivity contribution in [2.75, 3.05) is 13.2 Å². The molecule has 1 saturated heterocycles. The van der Waals surface area contributed by atoms with Crippen LogP contribution in [0.4, 0.5) is 0 Å². The summed E-state index contributed by atoms with van der Waals surface area (Å²) >= 11 is 11.9. The van der Waals surface area contributed by atoms with Crippen molar-refractivity contribution in [1.82, 2.24) is 10.1 Å². The summed E-state index contributed by atoms with van der Waals surface area (Å²) in [4.78, 5) is 4.45. The molecule has 1 aliphatic rings. The minimum absolute atomic E-state index is 0.143. The van der Waals surface area contributed by atoms with Gasteiger partial charge in [-0.1, -0.05) is 34.4 Å². The van der Waals surface area contributed by atoms with Crippen molar-refractivity contribution in [2.24, 2.45) is 5.73 Å². The molecule has 0 spiro atoms. The molecule has 1 aromatic heterocycles. The van der Waals surface area contributed by atoms with Crippen molar-refractivity contribution in [3.63, 3.8) is 0 Å². The van der Waals surface area contributed by atoms with Crippen LogP contribution in [0.3, 0.4) is 0 Å². The summed E-state index contributed by atoms with van der Waals surface area (Å²) in [7, 11) is 0. The fourth-order valence-electron chi connectivity index (χ4n) is 2.30. The van der Waals surface area contributed by atoms with E-state index < -0.39 is 5.41 Å². The Bertz CT molecular complexity index is 661. The Labute approximate surface area is 132 Å². The van der Waals surface area contributed by atoms with Gasteiger partial charge >= 0.3 is 0 Å². The zero-order valence-electron chi connectivity index (χ0n) is 11.5. The van der Waals surface area contributed by atoms with E-state index in [0.29, 0.717) is 41.4 Å². The van der Waals surface area contributed by atoms with Crippen molar-refractivity contribution >= 4 is 23.2 Å². The summed E-state index contributed by atoms with van der Waals surface area (Å²) in [6, 6.07) is 5.29. The Hall–Kier alpha value is -1.14. The van der Waals surface area contributed by atoms with Gasteiger partial charge in [-0.15, -0.1) is 0 Å². The lowest BCUT2D eigenvalue weighted by molar-refractivity contribution is 0.169. The first-order valence-corrected chi connectivity index (χ1v) is 7.35. The van der Waals surface area contributed by atoms with Gasteiger partial charge in [0, 0.05) is 12.5 Å². The second-order valence-corrected chi connectivity index (χ2v) is 6.29. The molecule has 0 radical (unpaired) electrons. The van der Waals surface area contributed by atoms with E-state index in [9.17, 15) is 0 Å². The largest absolute Gasteiger partial charge is 0.379 e. The lowest BCUT2D eigenvalue weighted by Crippen LogP contribution is -2.42. The minimum atomic E-state index is -0.428. The number of nitrogens with two attached hydrogens (primary N) is 1. The van der Waals surface area contributed by atoms with E-state index in [1.54, 1.807) is 12.1 Å². The zero-order chi connectivity index (χ0) is 15.0. The molecule has 1 aliphatic heterocycles. The quantitative estimate of drug-likeness (QED) is 0.937. The first-order chi connectivity index (χ1) is 9.99.